The van der Waals surface area contributed by atoms with Gasteiger partial charge in [-0.15, -0.1) is 0 Å². The molecule has 9 heteroatoms. The smallest absolute Gasteiger partial charge is 0.319 e. The predicted octanol–water partition coefficient (Wildman–Crippen LogP) is 2.64. The predicted molar refractivity (Wildman–Crippen MR) is 107 cm³/mol. The minimum absolute atomic E-state index is 0.228. The topological polar surface area (TPSA) is 93.5 Å². The summed E-state index contributed by atoms with van der Waals surface area (Å²) in [5, 5.41) is 14.1. The first-order valence-corrected chi connectivity index (χ1v) is 9.92. The minimum atomic E-state index is -0.365. The van der Waals surface area contributed by atoms with Crippen molar-refractivity contribution in [3.8, 4) is 34.3 Å². The Hall–Kier alpha value is -2.78. The van der Waals surface area contributed by atoms with Crippen molar-refractivity contribution >= 4 is 17.3 Å². The average molecular weight is 399 g/mol. The fourth-order valence-electron chi connectivity index (χ4n) is 3.26. The number of aliphatic hydroxyl groups excluding tert-OH is 1. The summed E-state index contributed by atoms with van der Waals surface area (Å²) in [5.74, 6) is 0.956. The van der Waals surface area contributed by atoms with Gasteiger partial charge in [-0.05, 0) is 35.2 Å². The lowest BCUT2D eigenvalue weighted by Crippen LogP contribution is -2.39. The third kappa shape index (κ3) is 3.63. The van der Waals surface area contributed by atoms with E-state index >= 15 is 0 Å². The van der Waals surface area contributed by atoms with Gasteiger partial charge in [0.15, 0.2) is 0 Å². The molecule has 8 nitrogen and oxygen atoms in total. The van der Waals surface area contributed by atoms with Gasteiger partial charge in [-0.1, -0.05) is 0 Å². The van der Waals surface area contributed by atoms with Crippen LogP contribution in [-0.4, -0.2) is 58.5 Å². The number of nitrogens with zero attached hydrogens (tertiary/aromatic N) is 5. The molecule has 0 radical (unpaired) electrons. The van der Waals surface area contributed by atoms with Crippen molar-refractivity contribution in [2.24, 2.45) is 0 Å². The number of hydrogen-bond donors (Lipinski definition) is 1. The molecule has 4 rings (SSSR count). The number of anilines is 1. The van der Waals surface area contributed by atoms with E-state index in [2.05, 4.69) is 15.0 Å². The molecule has 1 unspecified atom stereocenters. The van der Waals surface area contributed by atoms with E-state index in [4.69, 9.17) is 14.5 Å². The second-order valence-electron chi connectivity index (χ2n) is 6.47. The van der Waals surface area contributed by atoms with E-state index in [1.807, 2.05) is 27.9 Å². The Morgan fingerprint density at radius 2 is 2.00 bits per heavy atom. The fourth-order valence-corrected chi connectivity index (χ4v) is 3.92. The normalized spacial score (nSPS) is 16.8. The number of ether oxygens (including phenoxy) is 2. The Morgan fingerprint density at radius 1 is 1.14 bits per heavy atom. The first kappa shape index (κ1) is 18.6. The van der Waals surface area contributed by atoms with Gasteiger partial charge in [0.25, 0.3) is 0 Å². The maximum atomic E-state index is 10.0. The van der Waals surface area contributed by atoms with Crippen molar-refractivity contribution < 1.29 is 14.6 Å². The van der Waals surface area contributed by atoms with Crippen LogP contribution in [0.25, 0.3) is 22.4 Å². The van der Waals surface area contributed by atoms with E-state index in [1.54, 1.807) is 24.6 Å². The minimum Gasteiger partial charge on any atom is -0.480 e. The number of piperidine rings is 1. The van der Waals surface area contributed by atoms with Gasteiger partial charge in [0.1, 0.15) is 0 Å². The molecule has 0 spiro atoms. The molecular weight excluding hydrogens is 378 g/mol. The summed E-state index contributed by atoms with van der Waals surface area (Å²) in [4.78, 5) is 19.9. The Labute approximate surface area is 166 Å². The lowest BCUT2D eigenvalue weighted by molar-refractivity contribution is 0.153. The standard InChI is InChI=1S/C19H21N5O3S/c1-26-17-15(9-21-19(23-17)27-2)16-14(12-5-7-28-11-12)8-20-18(22-16)24-6-3-4-13(25)10-24/h5,7-9,11,13,25H,3-4,6,10H2,1-2H3. The van der Waals surface area contributed by atoms with Crippen LogP contribution >= 0.6 is 11.3 Å². The zero-order chi connectivity index (χ0) is 19.5. The Bertz CT molecular complexity index is 951. The second-order valence-corrected chi connectivity index (χ2v) is 7.25. The van der Waals surface area contributed by atoms with Gasteiger partial charge in [-0.2, -0.15) is 16.3 Å². The molecule has 1 N–H and O–H groups in total. The molecule has 0 aromatic carbocycles. The largest absolute Gasteiger partial charge is 0.480 e. The number of aliphatic hydroxyl groups is 1. The Kier molecular flexibility index (Phi) is 5.36. The van der Waals surface area contributed by atoms with Gasteiger partial charge < -0.3 is 19.5 Å². The van der Waals surface area contributed by atoms with Crippen molar-refractivity contribution in [3.63, 3.8) is 0 Å². The number of β-amino-alcohol motifs (C(OH)–C–C–N with tert-alkyl or cyclic N) is 1. The summed E-state index contributed by atoms with van der Waals surface area (Å²) in [6, 6.07) is 2.25. The van der Waals surface area contributed by atoms with Crippen molar-refractivity contribution in [1.29, 1.82) is 0 Å². The molecule has 146 valence electrons. The summed E-state index contributed by atoms with van der Waals surface area (Å²) < 4.78 is 10.6. The first-order valence-electron chi connectivity index (χ1n) is 8.97. The zero-order valence-electron chi connectivity index (χ0n) is 15.7. The van der Waals surface area contributed by atoms with E-state index in [0.717, 1.165) is 30.5 Å². The molecule has 3 aromatic heterocycles. The van der Waals surface area contributed by atoms with E-state index in [9.17, 15) is 5.11 Å². The van der Waals surface area contributed by atoms with Crippen LogP contribution in [0, 0.1) is 0 Å². The Balaban J connectivity index is 1.84. The Morgan fingerprint density at radius 3 is 2.71 bits per heavy atom. The molecule has 1 aliphatic rings. The molecule has 1 aliphatic heterocycles. The molecule has 0 bridgehead atoms. The zero-order valence-corrected chi connectivity index (χ0v) is 16.5. The average Bonchev–Trinajstić information content (AvgIpc) is 3.27. The number of hydrogen-bond acceptors (Lipinski definition) is 9. The summed E-state index contributed by atoms with van der Waals surface area (Å²) in [7, 11) is 3.06. The highest BCUT2D eigenvalue weighted by Crippen LogP contribution is 2.36. The van der Waals surface area contributed by atoms with Crippen LogP contribution < -0.4 is 14.4 Å². The van der Waals surface area contributed by atoms with Crippen LogP contribution in [0.2, 0.25) is 0 Å². The lowest BCUT2D eigenvalue weighted by atomic mass is 10.0. The molecule has 1 atom stereocenters. The number of thiophene rings is 1. The van der Waals surface area contributed by atoms with Crippen LogP contribution in [0.15, 0.2) is 29.2 Å². The summed E-state index contributed by atoms with van der Waals surface area (Å²) in [6.45, 7) is 1.33. The molecule has 0 aliphatic carbocycles. The van der Waals surface area contributed by atoms with Gasteiger partial charge >= 0.3 is 6.01 Å². The summed E-state index contributed by atoms with van der Waals surface area (Å²) in [5.41, 5.74) is 3.23. The van der Waals surface area contributed by atoms with Gasteiger partial charge in [0.2, 0.25) is 11.8 Å². The summed E-state index contributed by atoms with van der Waals surface area (Å²) >= 11 is 1.61. The van der Waals surface area contributed by atoms with E-state index < -0.39 is 0 Å². The van der Waals surface area contributed by atoms with Crippen molar-refractivity contribution in [2.45, 2.75) is 18.9 Å². The highest BCUT2D eigenvalue weighted by atomic mass is 32.1. The van der Waals surface area contributed by atoms with Crippen LogP contribution in [0.3, 0.4) is 0 Å². The third-order valence-corrected chi connectivity index (χ3v) is 5.33. The first-order chi connectivity index (χ1) is 13.7. The van der Waals surface area contributed by atoms with Gasteiger partial charge in [-0.3, -0.25) is 0 Å². The van der Waals surface area contributed by atoms with Gasteiger partial charge in [0.05, 0.1) is 31.6 Å². The molecule has 1 saturated heterocycles. The van der Waals surface area contributed by atoms with Crippen molar-refractivity contribution in [3.05, 3.63) is 29.2 Å². The molecular formula is C19H21N5O3S. The number of methoxy groups -OCH3 is 2. The highest BCUT2D eigenvalue weighted by Gasteiger charge is 2.23. The molecule has 3 aromatic rings. The van der Waals surface area contributed by atoms with E-state index in [1.165, 1.54) is 7.11 Å². The van der Waals surface area contributed by atoms with E-state index in [-0.39, 0.29) is 12.1 Å². The lowest BCUT2D eigenvalue weighted by Gasteiger charge is -2.30. The van der Waals surface area contributed by atoms with Crippen LogP contribution in [0.4, 0.5) is 5.95 Å². The van der Waals surface area contributed by atoms with Crippen LogP contribution in [0.5, 0.6) is 11.9 Å². The molecule has 4 heterocycles. The second kappa shape index (κ2) is 8.07. The monoisotopic (exact) mass is 399 g/mol. The summed E-state index contributed by atoms with van der Waals surface area (Å²) in [6.07, 6.45) is 4.80. The quantitative estimate of drug-likeness (QED) is 0.700. The maximum Gasteiger partial charge on any atom is 0.319 e. The van der Waals surface area contributed by atoms with Crippen molar-refractivity contribution in [2.75, 3.05) is 32.2 Å². The van der Waals surface area contributed by atoms with Gasteiger partial charge in [-0.25, -0.2) is 15.0 Å². The number of aromatic nitrogens is 4. The SMILES string of the molecule is COc1ncc(-c2nc(N3CCCC(O)C3)ncc2-c2ccsc2)c(OC)n1. The number of rotatable bonds is 5. The fraction of sp³-hybridized carbons (Fsp3) is 0.368. The van der Waals surface area contributed by atoms with Crippen molar-refractivity contribution in [1.82, 2.24) is 19.9 Å². The van der Waals surface area contributed by atoms with E-state index in [0.29, 0.717) is 29.6 Å². The van der Waals surface area contributed by atoms with Crippen LogP contribution in [0.1, 0.15) is 12.8 Å². The molecule has 28 heavy (non-hydrogen) atoms. The molecule has 0 amide bonds. The van der Waals surface area contributed by atoms with Crippen LogP contribution in [-0.2, 0) is 0 Å². The maximum absolute atomic E-state index is 10.0. The molecule has 0 saturated carbocycles. The third-order valence-electron chi connectivity index (χ3n) is 4.65. The highest BCUT2D eigenvalue weighted by molar-refractivity contribution is 7.08. The molecule has 1 fully saturated rings. The van der Waals surface area contributed by atoms with Gasteiger partial charge in [0, 0.05) is 31.0 Å².